The second kappa shape index (κ2) is 9.54. The first-order chi connectivity index (χ1) is 15.4. The molecule has 0 unspecified atom stereocenters. The minimum absolute atomic E-state index is 0.183. The number of carbonyl (C=O) groups is 1. The van der Waals surface area contributed by atoms with E-state index in [0.29, 0.717) is 19.6 Å². The van der Waals surface area contributed by atoms with E-state index in [2.05, 4.69) is 16.4 Å². The second-order valence-electron chi connectivity index (χ2n) is 7.92. The van der Waals surface area contributed by atoms with Crippen molar-refractivity contribution in [1.29, 1.82) is 0 Å². The van der Waals surface area contributed by atoms with E-state index >= 15 is 0 Å². The van der Waals surface area contributed by atoms with E-state index < -0.39 is 10.0 Å². The number of aromatic nitrogens is 2. The van der Waals surface area contributed by atoms with Gasteiger partial charge in [0.25, 0.3) is 0 Å². The van der Waals surface area contributed by atoms with Gasteiger partial charge in [0, 0.05) is 51.7 Å². The van der Waals surface area contributed by atoms with Gasteiger partial charge in [-0.1, -0.05) is 42.0 Å². The highest BCUT2D eigenvalue weighted by atomic mass is 32.2. The van der Waals surface area contributed by atoms with Gasteiger partial charge in [-0.25, -0.2) is 18.2 Å². The molecular formula is C23H27N5O3S. The number of benzene rings is 2. The Kier molecular flexibility index (Phi) is 6.57. The van der Waals surface area contributed by atoms with E-state index in [-0.39, 0.29) is 24.0 Å². The van der Waals surface area contributed by atoms with Crippen molar-refractivity contribution < 1.29 is 13.2 Å². The maximum absolute atomic E-state index is 12.8. The van der Waals surface area contributed by atoms with Crippen LogP contribution in [-0.4, -0.2) is 59.4 Å². The zero-order valence-electron chi connectivity index (χ0n) is 18.0. The van der Waals surface area contributed by atoms with E-state index in [1.54, 1.807) is 41.7 Å². The monoisotopic (exact) mass is 453 g/mol. The number of piperazine rings is 1. The molecule has 1 fully saturated rings. The molecule has 0 radical (unpaired) electrons. The molecule has 4 rings (SSSR count). The van der Waals surface area contributed by atoms with Crippen molar-refractivity contribution in [2.45, 2.75) is 24.9 Å². The number of sulfonamides is 1. The number of nitrogens with zero attached hydrogens (tertiary/aromatic N) is 4. The average Bonchev–Trinajstić information content (AvgIpc) is 3.31. The fourth-order valence-electron chi connectivity index (χ4n) is 3.71. The minimum atomic E-state index is -3.54. The number of aryl methyl sites for hydroxylation is 1. The van der Waals surface area contributed by atoms with E-state index in [1.807, 2.05) is 35.9 Å². The summed E-state index contributed by atoms with van der Waals surface area (Å²) < 4.78 is 29.1. The van der Waals surface area contributed by atoms with Crippen molar-refractivity contribution in [2.24, 2.45) is 0 Å². The molecule has 1 N–H and O–H groups in total. The van der Waals surface area contributed by atoms with Crippen LogP contribution in [0.25, 0.3) is 0 Å². The molecule has 0 aliphatic carbocycles. The fraction of sp³-hybridized carbons (Fsp3) is 0.304. The molecule has 1 aromatic heterocycles. The van der Waals surface area contributed by atoms with Gasteiger partial charge in [0.15, 0.2) is 0 Å². The van der Waals surface area contributed by atoms with Crippen LogP contribution in [0, 0.1) is 6.92 Å². The molecule has 0 saturated carbocycles. The number of carbonyl (C=O) groups excluding carboxylic acids is 1. The standard InChI is InChI=1S/C23H27N5O3S/c1-19-5-7-22(8-6-19)32(30,31)28-13-11-27(12-14-28)23(29)25-16-20-3-2-4-21(15-20)17-26-10-9-24-18-26/h2-10,15,18H,11-14,16-17H2,1H3,(H,25,29). The van der Waals surface area contributed by atoms with Gasteiger partial charge in [0.1, 0.15) is 0 Å². The first-order valence-electron chi connectivity index (χ1n) is 10.5. The molecule has 0 spiro atoms. The number of imidazole rings is 1. The van der Waals surface area contributed by atoms with E-state index in [0.717, 1.165) is 23.2 Å². The van der Waals surface area contributed by atoms with Crippen LogP contribution in [0.2, 0.25) is 0 Å². The Hall–Kier alpha value is -3.17. The number of urea groups is 1. The maximum Gasteiger partial charge on any atom is 0.317 e. The lowest BCUT2D eigenvalue weighted by Gasteiger charge is -2.34. The molecule has 1 aliphatic rings. The van der Waals surface area contributed by atoms with Crippen LogP contribution in [0.1, 0.15) is 16.7 Å². The summed E-state index contributed by atoms with van der Waals surface area (Å²) in [5, 5.41) is 2.95. The predicted molar refractivity (Wildman–Crippen MR) is 122 cm³/mol. The summed E-state index contributed by atoms with van der Waals surface area (Å²) >= 11 is 0. The Morgan fingerprint density at radius 3 is 2.44 bits per heavy atom. The smallest absolute Gasteiger partial charge is 0.317 e. The lowest BCUT2D eigenvalue weighted by Crippen LogP contribution is -2.52. The molecule has 2 amide bonds. The van der Waals surface area contributed by atoms with Gasteiger partial charge in [0.2, 0.25) is 10.0 Å². The van der Waals surface area contributed by atoms with Crippen molar-refractivity contribution in [3.63, 3.8) is 0 Å². The Bertz CT molecular complexity index is 1150. The summed E-state index contributed by atoms with van der Waals surface area (Å²) in [4.78, 5) is 18.6. The summed E-state index contributed by atoms with van der Waals surface area (Å²) in [6.45, 7) is 4.34. The lowest BCUT2D eigenvalue weighted by atomic mass is 10.1. The lowest BCUT2D eigenvalue weighted by molar-refractivity contribution is 0.172. The third-order valence-corrected chi connectivity index (χ3v) is 7.46. The molecule has 168 valence electrons. The molecule has 0 bridgehead atoms. The van der Waals surface area contributed by atoms with Gasteiger partial charge in [-0.15, -0.1) is 0 Å². The van der Waals surface area contributed by atoms with E-state index in [1.165, 1.54) is 4.31 Å². The summed E-state index contributed by atoms with van der Waals surface area (Å²) in [7, 11) is -3.54. The first kappa shape index (κ1) is 22.0. The highest BCUT2D eigenvalue weighted by molar-refractivity contribution is 7.89. The van der Waals surface area contributed by atoms with E-state index in [4.69, 9.17) is 0 Å². The largest absolute Gasteiger partial charge is 0.334 e. The Morgan fingerprint density at radius 1 is 1.03 bits per heavy atom. The maximum atomic E-state index is 12.8. The minimum Gasteiger partial charge on any atom is -0.334 e. The third-order valence-electron chi connectivity index (χ3n) is 5.54. The third kappa shape index (κ3) is 5.17. The fourth-order valence-corrected chi connectivity index (χ4v) is 5.13. The van der Waals surface area contributed by atoms with Crippen molar-refractivity contribution in [1.82, 2.24) is 24.1 Å². The first-order valence-corrected chi connectivity index (χ1v) is 12.0. The predicted octanol–water partition coefficient (Wildman–Crippen LogP) is 2.46. The highest BCUT2D eigenvalue weighted by Gasteiger charge is 2.30. The van der Waals surface area contributed by atoms with Crippen LogP contribution >= 0.6 is 0 Å². The molecule has 1 aliphatic heterocycles. The second-order valence-corrected chi connectivity index (χ2v) is 9.86. The quantitative estimate of drug-likeness (QED) is 0.621. The Labute approximate surface area is 188 Å². The molecule has 2 aromatic carbocycles. The highest BCUT2D eigenvalue weighted by Crippen LogP contribution is 2.18. The van der Waals surface area contributed by atoms with Gasteiger partial charge < -0.3 is 14.8 Å². The van der Waals surface area contributed by atoms with Crippen LogP contribution in [-0.2, 0) is 23.1 Å². The van der Waals surface area contributed by atoms with Gasteiger partial charge in [-0.2, -0.15) is 4.31 Å². The molecule has 3 aromatic rings. The topological polar surface area (TPSA) is 87.5 Å². The zero-order chi connectivity index (χ0) is 22.6. The molecule has 9 heteroatoms. The van der Waals surface area contributed by atoms with Gasteiger partial charge in [0.05, 0.1) is 11.2 Å². The molecule has 2 heterocycles. The number of nitrogens with one attached hydrogen (secondary N) is 1. The van der Waals surface area contributed by atoms with Crippen molar-refractivity contribution in [2.75, 3.05) is 26.2 Å². The number of amides is 2. The number of hydrogen-bond donors (Lipinski definition) is 1. The van der Waals surface area contributed by atoms with E-state index in [9.17, 15) is 13.2 Å². The molecule has 1 saturated heterocycles. The van der Waals surface area contributed by atoms with Crippen molar-refractivity contribution in [3.8, 4) is 0 Å². The molecule has 0 atom stereocenters. The average molecular weight is 454 g/mol. The van der Waals surface area contributed by atoms with Gasteiger partial charge in [-0.05, 0) is 30.2 Å². The van der Waals surface area contributed by atoms with Crippen LogP contribution < -0.4 is 5.32 Å². The van der Waals surface area contributed by atoms with Gasteiger partial charge >= 0.3 is 6.03 Å². The van der Waals surface area contributed by atoms with Gasteiger partial charge in [-0.3, -0.25) is 0 Å². The van der Waals surface area contributed by atoms with Crippen LogP contribution in [0.15, 0.2) is 72.1 Å². The van der Waals surface area contributed by atoms with Crippen LogP contribution in [0.3, 0.4) is 0 Å². The van der Waals surface area contributed by atoms with Crippen molar-refractivity contribution >= 4 is 16.1 Å². The van der Waals surface area contributed by atoms with Crippen LogP contribution in [0.5, 0.6) is 0 Å². The Balaban J connectivity index is 1.29. The molecular weight excluding hydrogens is 426 g/mol. The summed E-state index contributed by atoms with van der Waals surface area (Å²) in [5.74, 6) is 0. The summed E-state index contributed by atoms with van der Waals surface area (Å²) in [6, 6.07) is 14.7. The normalized spacial score (nSPS) is 15.0. The van der Waals surface area contributed by atoms with Crippen LogP contribution in [0.4, 0.5) is 4.79 Å². The summed E-state index contributed by atoms with van der Waals surface area (Å²) in [6.07, 6.45) is 5.43. The SMILES string of the molecule is Cc1ccc(S(=O)(=O)N2CCN(C(=O)NCc3cccc(Cn4ccnc4)c3)CC2)cc1. The molecule has 32 heavy (non-hydrogen) atoms. The molecule has 8 nitrogen and oxygen atoms in total. The van der Waals surface area contributed by atoms with Crippen molar-refractivity contribution in [3.05, 3.63) is 83.9 Å². The number of rotatable bonds is 6. The summed E-state index contributed by atoms with van der Waals surface area (Å²) in [5.41, 5.74) is 3.15. The zero-order valence-corrected chi connectivity index (χ0v) is 18.8. The Morgan fingerprint density at radius 2 is 1.75 bits per heavy atom. The number of hydrogen-bond acceptors (Lipinski definition) is 4.